The molecule has 0 bridgehead atoms. The molecule has 28 heavy (non-hydrogen) atoms. The first-order valence-electron chi connectivity index (χ1n) is 9.65. The second-order valence-electron chi connectivity index (χ2n) is 7.39. The number of carbonyl (C=O) groups excluding carboxylic acids is 2. The summed E-state index contributed by atoms with van der Waals surface area (Å²) in [6.45, 7) is 5.23. The van der Waals surface area contributed by atoms with Gasteiger partial charge < -0.3 is 10.6 Å². The molecule has 2 aromatic rings. The molecule has 1 heterocycles. The number of anilines is 1. The molecule has 0 radical (unpaired) electrons. The molecule has 3 rings (SSSR count). The van der Waals surface area contributed by atoms with Gasteiger partial charge in [-0.25, -0.2) is 4.39 Å². The largest absolute Gasteiger partial charge is 0.343 e. The van der Waals surface area contributed by atoms with Gasteiger partial charge in [-0.15, -0.1) is 0 Å². The summed E-state index contributed by atoms with van der Waals surface area (Å²) in [5.41, 5.74) is 1.80. The first-order valence-corrected chi connectivity index (χ1v) is 9.65. The maximum Gasteiger partial charge on any atom is 0.254 e. The lowest BCUT2D eigenvalue weighted by Gasteiger charge is -2.30. The minimum absolute atomic E-state index is 0.0771. The van der Waals surface area contributed by atoms with E-state index in [9.17, 15) is 14.0 Å². The van der Waals surface area contributed by atoms with Crippen LogP contribution in [0.1, 0.15) is 35.7 Å². The molecule has 5 nitrogen and oxygen atoms in total. The number of rotatable bonds is 6. The highest BCUT2D eigenvalue weighted by atomic mass is 19.1. The fourth-order valence-electron chi connectivity index (χ4n) is 3.49. The van der Waals surface area contributed by atoms with Gasteiger partial charge in [0.15, 0.2) is 0 Å². The number of piperidine rings is 1. The van der Waals surface area contributed by atoms with Crippen LogP contribution in [0.3, 0.4) is 0 Å². The van der Waals surface area contributed by atoms with Crippen LogP contribution in [0.5, 0.6) is 0 Å². The molecule has 0 unspecified atom stereocenters. The van der Waals surface area contributed by atoms with Gasteiger partial charge in [-0.2, -0.15) is 0 Å². The molecule has 1 atom stereocenters. The van der Waals surface area contributed by atoms with Crippen molar-refractivity contribution in [1.82, 2.24) is 10.2 Å². The number of halogens is 1. The Labute approximate surface area is 164 Å². The number of hydrogen-bond acceptors (Lipinski definition) is 3. The smallest absolute Gasteiger partial charge is 0.254 e. The minimum atomic E-state index is -0.612. The Kier molecular flexibility index (Phi) is 6.76. The van der Waals surface area contributed by atoms with Crippen molar-refractivity contribution in [2.75, 3.05) is 25.0 Å². The summed E-state index contributed by atoms with van der Waals surface area (Å²) in [6.07, 6.45) is 2.54. The number of carbonyl (C=O) groups is 2. The van der Waals surface area contributed by atoms with E-state index in [2.05, 4.69) is 22.5 Å². The zero-order valence-electron chi connectivity index (χ0n) is 16.1. The average Bonchev–Trinajstić information content (AvgIpc) is 2.68. The highest BCUT2D eigenvalue weighted by molar-refractivity contribution is 5.99. The lowest BCUT2D eigenvalue weighted by Crippen LogP contribution is -2.33. The summed E-state index contributed by atoms with van der Waals surface area (Å²) in [4.78, 5) is 26.4. The monoisotopic (exact) mass is 383 g/mol. The Hall–Kier alpha value is -2.73. The van der Waals surface area contributed by atoms with E-state index in [0.717, 1.165) is 25.6 Å². The molecule has 148 valence electrons. The second-order valence-corrected chi connectivity index (χ2v) is 7.39. The Morgan fingerprint density at radius 3 is 2.61 bits per heavy atom. The van der Waals surface area contributed by atoms with E-state index < -0.39 is 11.7 Å². The van der Waals surface area contributed by atoms with Crippen molar-refractivity contribution in [3.8, 4) is 0 Å². The molecule has 0 spiro atoms. The molecular formula is C22H26FN3O2. The van der Waals surface area contributed by atoms with Gasteiger partial charge in [-0.05, 0) is 55.1 Å². The van der Waals surface area contributed by atoms with Crippen LogP contribution in [0.4, 0.5) is 10.1 Å². The Morgan fingerprint density at radius 1 is 1.14 bits per heavy atom. The summed E-state index contributed by atoms with van der Waals surface area (Å²) in [6, 6.07) is 13.4. The van der Waals surface area contributed by atoms with E-state index in [1.807, 2.05) is 24.3 Å². The zero-order chi connectivity index (χ0) is 19.9. The van der Waals surface area contributed by atoms with E-state index in [0.29, 0.717) is 5.69 Å². The first kappa shape index (κ1) is 20.0. The quantitative estimate of drug-likeness (QED) is 0.803. The number of benzene rings is 2. The molecule has 1 aliphatic rings. The molecule has 2 aromatic carbocycles. The van der Waals surface area contributed by atoms with Crippen molar-refractivity contribution in [2.45, 2.75) is 26.3 Å². The lowest BCUT2D eigenvalue weighted by atomic mass is 10.00. The Bertz CT molecular complexity index is 823. The third-order valence-electron chi connectivity index (χ3n) is 4.91. The third-order valence-corrected chi connectivity index (χ3v) is 4.91. The van der Waals surface area contributed by atoms with E-state index in [4.69, 9.17) is 0 Å². The van der Waals surface area contributed by atoms with Crippen molar-refractivity contribution in [1.29, 1.82) is 0 Å². The summed E-state index contributed by atoms with van der Waals surface area (Å²) in [7, 11) is 0. The third kappa shape index (κ3) is 5.63. The predicted octanol–water partition coefficient (Wildman–Crippen LogP) is 3.43. The van der Waals surface area contributed by atoms with Crippen LogP contribution < -0.4 is 10.6 Å². The van der Waals surface area contributed by atoms with Crippen LogP contribution in [-0.4, -0.2) is 36.3 Å². The molecule has 1 fully saturated rings. The molecule has 0 aromatic heterocycles. The molecule has 1 aliphatic heterocycles. The van der Waals surface area contributed by atoms with Crippen LogP contribution in [0.15, 0.2) is 48.5 Å². The molecule has 2 amide bonds. The highest BCUT2D eigenvalue weighted by Crippen LogP contribution is 2.18. The number of nitrogens with zero attached hydrogens (tertiary/aromatic N) is 1. The van der Waals surface area contributed by atoms with Crippen LogP contribution in [-0.2, 0) is 11.3 Å². The molecule has 0 saturated carbocycles. The SMILES string of the molecule is C[C@H]1CCCN(Cc2ccc(NC(=O)CNC(=O)c3ccccc3F)cc2)C1. The average molecular weight is 383 g/mol. The van der Waals surface area contributed by atoms with Crippen LogP contribution in [0, 0.1) is 11.7 Å². The van der Waals surface area contributed by atoms with Crippen LogP contribution in [0.25, 0.3) is 0 Å². The topological polar surface area (TPSA) is 61.4 Å². The fraction of sp³-hybridized carbons (Fsp3) is 0.364. The van der Waals surface area contributed by atoms with E-state index in [1.54, 1.807) is 6.07 Å². The van der Waals surface area contributed by atoms with Crippen molar-refractivity contribution in [3.63, 3.8) is 0 Å². The van der Waals surface area contributed by atoms with Crippen molar-refractivity contribution >= 4 is 17.5 Å². The van der Waals surface area contributed by atoms with Gasteiger partial charge in [0, 0.05) is 18.8 Å². The van der Waals surface area contributed by atoms with Gasteiger partial charge in [0.05, 0.1) is 12.1 Å². The number of amides is 2. The summed E-state index contributed by atoms with van der Waals surface area (Å²) in [5, 5.41) is 5.17. The molecule has 6 heteroatoms. The molecular weight excluding hydrogens is 357 g/mol. The number of hydrogen-bond donors (Lipinski definition) is 2. The number of likely N-dealkylation sites (tertiary alicyclic amines) is 1. The Balaban J connectivity index is 1.46. The summed E-state index contributed by atoms with van der Waals surface area (Å²) < 4.78 is 13.6. The van der Waals surface area contributed by atoms with Gasteiger partial charge in [-0.1, -0.05) is 31.2 Å². The molecule has 2 N–H and O–H groups in total. The summed E-state index contributed by atoms with van der Waals surface area (Å²) in [5.74, 6) is -0.840. The van der Waals surface area contributed by atoms with Gasteiger partial charge in [0.25, 0.3) is 5.91 Å². The normalized spacial score (nSPS) is 17.1. The van der Waals surface area contributed by atoms with E-state index in [1.165, 1.54) is 36.6 Å². The zero-order valence-corrected chi connectivity index (χ0v) is 16.1. The maximum absolute atomic E-state index is 13.6. The summed E-state index contributed by atoms with van der Waals surface area (Å²) >= 11 is 0. The first-order chi connectivity index (χ1) is 13.5. The van der Waals surface area contributed by atoms with Crippen LogP contribution in [0.2, 0.25) is 0 Å². The number of nitrogens with one attached hydrogen (secondary N) is 2. The van der Waals surface area contributed by atoms with Crippen molar-refractivity contribution in [3.05, 3.63) is 65.5 Å². The van der Waals surface area contributed by atoms with E-state index in [-0.39, 0.29) is 18.0 Å². The second kappa shape index (κ2) is 9.46. The van der Waals surface area contributed by atoms with Gasteiger partial charge >= 0.3 is 0 Å². The van der Waals surface area contributed by atoms with Gasteiger partial charge in [0.2, 0.25) is 5.91 Å². The highest BCUT2D eigenvalue weighted by Gasteiger charge is 2.16. The molecule has 1 saturated heterocycles. The lowest BCUT2D eigenvalue weighted by molar-refractivity contribution is -0.115. The Morgan fingerprint density at radius 2 is 1.89 bits per heavy atom. The van der Waals surface area contributed by atoms with Crippen molar-refractivity contribution < 1.29 is 14.0 Å². The van der Waals surface area contributed by atoms with E-state index >= 15 is 0 Å². The van der Waals surface area contributed by atoms with Crippen molar-refractivity contribution in [2.24, 2.45) is 5.92 Å². The minimum Gasteiger partial charge on any atom is -0.343 e. The fourth-order valence-corrected chi connectivity index (χ4v) is 3.49. The van der Waals surface area contributed by atoms with Gasteiger partial charge in [-0.3, -0.25) is 14.5 Å². The standard InChI is InChI=1S/C22H26FN3O2/c1-16-5-4-12-26(14-16)15-17-8-10-18(11-9-17)25-21(27)13-24-22(28)19-6-2-3-7-20(19)23/h2-3,6-11,16H,4-5,12-15H2,1H3,(H,24,28)(H,25,27)/t16-/m0/s1. The molecule has 0 aliphatic carbocycles. The van der Waals surface area contributed by atoms with Gasteiger partial charge in [0.1, 0.15) is 5.82 Å². The maximum atomic E-state index is 13.6. The predicted molar refractivity (Wildman–Crippen MR) is 107 cm³/mol. The van der Waals surface area contributed by atoms with Crippen LogP contribution >= 0.6 is 0 Å².